The summed E-state index contributed by atoms with van der Waals surface area (Å²) in [5.41, 5.74) is 8.80. The van der Waals surface area contributed by atoms with Gasteiger partial charge in [-0.25, -0.2) is 4.98 Å². The largest absolute Gasteiger partial charge is 0.369 e. The molecule has 1 atom stereocenters. The van der Waals surface area contributed by atoms with Crippen molar-refractivity contribution in [3.05, 3.63) is 41.7 Å². The summed E-state index contributed by atoms with van der Waals surface area (Å²) < 4.78 is 2.02. The zero-order valence-electron chi connectivity index (χ0n) is 15.1. The van der Waals surface area contributed by atoms with Gasteiger partial charge in [-0.05, 0) is 43.9 Å². The van der Waals surface area contributed by atoms with Crippen molar-refractivity contribution < 1.29 is 9.59 Å². The van der Waals surface area contributed by atoms with E-state index in [0.29, 0.717) is 18.8 Å². The zero-order valence-corrected chi connectivity index (χ0v) is 16.0. The molecule has 2 aromatic rings. The molecule has 2 amide bonds. The van der Waals surface area contributed by atoms with Crippen LogP contribution >= 0.6 is 11.8 Å². The second kappa shape index (κ2) is 7.95. The van der Waals surface area contributed by atoms with Crippen molar-refractivity contribution in [2.24, 2.45) is 11.7 Å². The summed E-state index contributed by atoms with van der Waals surface area (Å²) in [6.45, 7) is 5.24. The Labute approximate surface area is 157 Å². The molecule has 26 heavy (non-hydrogen) atoms. The molecule has 0 aliphatic carbocycles. The molecule has 0 saturated carbocycles. The molecule has 1 fully saturated rings. The number of piperidine rings is 1. The Hall–Kier alpha value is -2.28. The van der Waals surface area contributed by atoms with Crippen molar-refractivity contribution in [3.63, 3.8) is 0 Å². The van der Waals surface area contributed by atoms with Gasteiger partial charge in [-0.3, -0.25) is 14.2 Å². The summed E-state index contributed by atoms with van der Waals surface area (Å²) in [5.74, 6) is -0.223. The average Bonchev–Trinajstić information content (AvgIpc) is 3.10. The molecule has 0 bridgehead atoms. The number of benzene rings is 1. The normalized spacial score (nSPS) is 17.3. The Morgan fingerprint density at radius 2 is 2.15 bits per heavy atom. The van der Waals surface area contributed by atoms with E-state index >= 15 is 0 Å². The summed E-state index contributed by atoms with van der Waals surface area (Å²) in [4.78, 5) is 30.1. The number of imidazole rings is 1. The second-order valence-electron chi connectivity index (χ2n) is 6.74. The summed E-state index contributed by atoms with van der Waals surface area (Å²) >= 11 is 1.42. The van der Waals surface area contributed by atoms with E-state index in [0.717, 1.165) is 29.2 Å². The van der Waals surface area contributed by atoms with Crippen LogP contribution in [0, 0.1) is 19.8 Å². The van der Waals surface area contributed by atoms with E-state index in [1.165, 1.54) is 17.3 Å². The van der Waals surface area contributed by atoms with Crippen molar-refractivity contribution in [1.82, 2.24) is 14.5 Å². The third-order valence-corrected chi connectivity index (χ3v) is 5.68. The van der Waals surface area contributed by atoms with Gasteiger partial charge >= 0.3 is 0 Å². The Kier molecular flexibility index (Phi) is 5.66. The van der Waals surface area contributed by atoms with Gasteiger partial charge in [0.25, 0.3) is 0 Å². The van der Waals surface area contributed by atoms with Crippen LogP contribution in [0.15, 0.2) is 35.7 Å². The van der Waals surface area contributed by atoms with Crippen LogP contribution in [0.2, 0.25) is 0 Å². The van der Waals surface area contributed by atoms with Crippen LogP contribution in [0.5, 0.6) is 0 Å². The van der Waals surface area contributed by atoms with Gasteiger partial charge in [-0.1, -0.05) is 23.9 Å². The maximum Gasteiger partial charge on any atom is 0.233 e. The highest BCUT2D eigenvalue weighted by atomic mass is 32.2. The predicted molar refractivity (Wildman–Crippen MR) is 102 cm³/mol. The van der Waals surface area contributed by atoms with Gasteiger partial charge in [0.1, 0.15) is 0 Å². The van der Waals surface area contributed by atoms with E-state index in [9.17, 15) is 9.59 Å². The first-order valence-electron chi connectivity index (χ1n) is 8.76. The van der Waals surface area contributed by atoms with Crippen molar-refractivity contribution in [1.29, 1.82) is 0 Å². The maximum atomic E-state index is 12.5. The number of thioether (sulfide) groups is 1. The lowest BCUT2D eigenvalue weighted by Gasteiger charge is -2.31. The van der Waals surface area contributed by atoms with Crippen molar-refractivity contribution in [3.8, 4) is 5.69 Å². The SMILES string of the molecule is Cc1ccc(C)c(-n2ccnc2SCC(=O)N2CCCC(C(N)=O)C2)c1. The molecule has 7 heteroatoms. The fraction of sp³-hybridized carbons (Fsp3) is 0.421. The molecule has 1 aromatic carbocycles. The summed E-state index contributed by atoms with van der Waals surface area (Å²) in [6, 6.07) is 6.28. The molecule has 2 heterocycles. The number of nitrogens with zero attached hydrogens (tertiary/aromatic N) is 3. The predicted octanol–water partition coefficient (Wildman–Crippen LogP) is 2.31. The molecule has 1 saturated heterocycles. The highest BCUT2D eigenvalue weighted by molar-refractivity contribution is 7.99. The lowest BCUT2D eigenvalue weighted by molar-refractivity contribution is -0.132. The van der Waals surface area contributed by atoms with Gasteiger partial charge in [0.15, 0.2) is 5.16 Å². The number of hydrogen-bond acceptors (Lipinski definition) is 4. The molecule has 3 rings (SSSR count). The number of amides is 2. The van der Waals surface area contributed by atoms with E-state index in [1.54, 1.807) is 11.1 Å². The number of aromatic nitrogens is 2. The number of carbonyl (C=O) groups excluding carboxylic acids is 2. The van der Waals surface area contributed by atoms with Gasteiger partial charge in [0, 0.05) is 25.5 Å². The van der Waals surface area contributed by atoms with Gasteiger partial charge in [-0.15, -0.1) is 0 Å². The van der Waals surface area contributed by atoms with Crippen LogP contribution in [0.3, 0.4) is 0 Å². The van der Waals surface area contributed by atoms with Crippen LogP contribution < -0.4 is 5.73 Å². The topological polar surface area (TPSA) is 81.2 Å². The molecular formula is C19H24N4O2S. The summed E-state index contributed by atoms with van der Waals surface area (Å²) in [5, 5.41) is 0.788. The first-order valence-corrected chi connectivity index (χ1v) is 9.75. The molecule has 1 unspecified atom stereocenters. The van der Waals surface area contributed by atoms with Gasteiger partial charge in [0.2, 0.25) is 11.8 Å². The number of nitrogens with two attached hydrogens (primary N) is 1. The van der Waals surface area contributed by atoms with E-state index in [-0.39, 0.29) is 17.7 Å². The van der Waals surface area contributed by atoms with E-state index < -0.39 is 0 Å². The van der Waals surface area contributed by atoms with E-state index in [1.807, 2.05) is 10.8 Å². The van der Waals surface area contributed by atoms with Gasteiger partial charge < -0.3 is 10.6 Å². The molecule has 138 valence electrons. The quantitative estimate of drug-likeness (QED) is 0.817. The standard InChI is InChI=1S/C19H24N4O2S/c1-13-5-6-14(2)16(10-13)23-9-7-21-19(23)26-12-17(24)22-8-3-4-15(11-22)18(20)25/h5-7,9-10,15H,3-4,8,11-12H2,1-2H3,(H2,20,25). The third-order valence-electron chi connectivity index (χ3n) is 4.73. The fourth-order valence-electron chi connectivity index (χ4n) is 3.21. The van der Waals surface area contributed by atoms with Crippen molar-refractivity contribution >= 4 is 23.6 Å². The number of carbonyl (C=O) groups is 2. The Morgan fingerprint density at radius 3 is 2.92 bits per heavy atom. The first kappa shape index (κ1) is 18.5. The minimum atomic E-state index is -0.319. The third kappa shape index (κ3) is 4.09. The van der Waals surface area contributed by atoms with Crippen LogP contribution in [-0.4, -0.2) is 45.1 Å². The highest BCUT2D eigenvalue weighted by Gasteiger charge is 2.27. The molecule has 1 aliphatic rings. The highest BCUT2D eigenvalue weighted by Crippen LogP contribution is 2.24. The number of likely N-dealkylation sites (tertiary alicyclic amines) is 1. The number of primary amides is 1. The summed E-state index contributed by atoms with van der Waals surface area (Å²) in [7, 11) is 0. The smallest absolute Gasteiger partial charge is 0.233 e. The first-order chi connectivity index (χ1) is 12.5. The molecule has 0 radical (unpaired) electrons. The van der Waals surface area contributed by atoms with E-state index in [4.69, 9.17) is 5.73 Å². The molecule has 6 nitrogen and oxygen atoms in total. The maximum absolute atomic E-state index is 12.5. The van der Waals surface area contributed by atoms with Crippen LogP contribution in [-0.2, 0) is 9.59 Å². The monoisotopic (exact) mass is 372 g/mol. The van der Waals surface area contributed by atoms with Crippen LogP contribution in [0.25, 0.3) is 5.69 Å². The molecule has 0 spiro atoms. The minimum Gasteiger partial charge on any atom is -0.369 e. The Balaban J connectivity index is 1.67. The minimum absolute atomic E-state index is 0.0245. The molecular weight excluding hydrogens is 348 g/mol. The zero-order chi connectivity index (χ0) is 18.7. The number of hydrogen-bond donors (Lipinski definition) is 1. The molecule has 2 N–H and O–H groups in total. The lowest BCUT2D eigenvalue weighted by Crippen LogP contribution is -2.44. The van der Waals surface area contributed by atoms with Crippen molar-refractivity contribution in [2.45, 2.75) is 31.8 Å². The van der Waals surface area contributed by atoms with E-state index in [2.05, 4.69) is 37.0 Å². The average molecular weight is 372 g/mol. The van der Waals surface area contributed by atoms with Crippen LogP contribution in [0.1, 0.15) is 24.0 Å². The van der Waals surface area contributed by atoms with Crippen LogP contribution in [0.4, 0.5) is 0 Å². The summed E-state index contributed by atoms with van der Waals surface area (Å²) in [6.07, 6.45) is 5.25. The molecule has 1 aliphatic heterocycles. The Morgan fingerprint density at radius 1 is 1.35 bits per heavy atom. The Bertz CT molecular complexity index is 818. The van der Waals surface area contributed by atoms with Gasteiger partial charge in [-0.2, -0.15) is 0 Å². The molecule has 1 aromatic heterocycles. The second-order valence-corrected chi connectivity index (χ2v) is 7.68. The number of rotatable bonds is 5. The van der Waals surface area contributed by atoms with Crippen molar-refractivity contribution in [2.75, 3.05) is 18.8 Å². The van der Waals surface area contributed by atoms with Gasteiger partial charge in [0.05, 0.1) is 17.4 Å². The number of aryl methyl sites for hydroxylation is 2. The lowest BCUT2D eigenvalue weighted by atomic mass is 9.97. The fourth-order valence-corrected chi connectivity index (χ4v) is 4.08.